The monoisotopic (exact) mass is 174 g/mol. The number of aromatic nitrogens is 1. The maximum Gasteiger partial charge on any atom is 0.178 e. The number of Topliss-reactive ketones (excluding diaryl/α,β-unsaturated/α-hetero) is 1. The summed E-state index contributed by atoms with van der Waals surface area (Å²) in [5.41, 5.74) is 5.87. The first-order valence-electron chi connectivity index (χ1n) is 2.61. The number of nitrogens with one attached hydrogen (secondary N) is 1. The molecule has 0 aliphatic carbocycles. The Labute approximate surface area is 66.9 Å². The van der Waals surface area contributed by atoms with Crippen LogP contribution in [0.25, 0.3) is 0 Å². The molecule has 0 aliphatic rings. The van der Waals surface area contributed by atoms with Crippen molar-refractivity contribution in [3.63, 3.8) is 0 Å². The Morgan fingerprint density at radius 3 is 2.60 bits per heavy atom. The number of aromatic amines is 1. The second kappa shape index (κ2) is 2.51. The highest BCUT2D eigenvalue weighted by Gasteiger charge is 2.05. The highest BCUT2D eigenvalue weighted by molar-refractivity contribution is 7.73. The van der Waals surface area contributed by atoms with Crippen molar-refractivity contribution in [1.29, 1.82) is 0 Å². The first kappa shape index (κ1) is 7.43. The maximum atomic E-state index is 10.7. The van der Waals surface area contributed by atoms with Crippen LogP contribution in [0.15, 0.2) is 0 Å². The second-order valence-electron chi connectivity index (χ2n) is 1.81. The van der Waals surface area contributed by atoms with Gasteiger partial charge >= 0.3 is 0 Å². The summed E-state index contributed by atoms with van der Waals surface area (Å²) in [6.45, 7) is 1.45. The van der Waals surface area contributed by atoms with Crippen molar-refractivity contribution in [2.45, 2.75) is 6.92 Å². The molecule has 0 fully saturated rings. The van der Waals surface area contributed by atoms with Gasteiger partial charge in [-0.15, -0.1) is 0 Å². The number of nitrogen functional groups attached to an aromatic ring is 1. The SMILES string of the molecule is CC(=O)c1[nH]c(=S)sc1N. The predicted molar refractivity (Wildman–Crippen MR) is 43.9 cm³/mol. The Kier molecular flexibility index (Phi) is 1.87. The van der Waals surface area contributed by atoms with E-state index in [2.05, 4.69) is 4.98 Å². The van der Waals surface area contributed by atoms with Crippen LogP contribution in [0.3, 0.4) is 0 Å². The van der Waals surface area contributed by atoms with Gasteiger partial charge in [0.15, 0.2) is 9.74 Å². The molecule has 0 unspecified atom stereocenters. The summed E-state index contributed by atoms with van der Waals surface area (Å²) in [6, 6.07) is 0. The minimum absolute atomic E-state index is 0.0788. The molecule has 5 heteroatoms. The van der Waals surface area contributed by atoms with Gasteiger partial charge in [-0.25, -0.2) is 0 Å². The molecule has 0 saturated carbocycles. The van der Waals surface area contributed by atoms with Crippen LogP contribution < -0.4 is 5.73 Å². The molecule has 0 atom stereocenters. The Morgan fingerprint density at radius 2 is 2.40 bits per heavy atom. The summed E-state index contributed by atoms with van der Waals surface area (Å²) < 4.78 is 0.544. The zero-order chi connectivity index (χ0) is 7.72. The van der Waals surface area contributed by atoms with Gasteiger partial charge in [0.05, 0.1) is 0 Å². The zero-order valence-corrected chi connectivity index (χ0v) is 6.94. The first-order chi connectivity index (χ1) is 4.61. The van der Waals surface area contributed by atoms with Crippen LogP contribution in [0.4, 0.5) is 5.00 Å². The third-order valence-electron chi connectivity index (χ3n) is 1.03. The molecule has 0 aromatic carbocycles. The van der Waals surface area contributed by atoms with Gasteiger partial charge in [-0.2, -0.15) is 0 Å². The van der Waals surface area contributed by atoms with Crippen molar-refractivity contribution >= 4 is 34.3 Å². The molecule has 1 heterocycles. The van der Waals surface area contributed by atoms with Gasteiger partial charge in [0, 0.05) is 6.92 Å². The van der Waals surface area contributed by atoms with E-state index < -0.39 is 0 Å². The molecule has 0 aliphatic heterocycles. The van der Waals surface area contributed by atoms with Crippen LogP contribution in [0, 0.1) is 3.95 Å². The molecule has 3 N–H and O–H groups in total. The van der Waals surface area contributed by atoms with Crippen molar-refractivity contribution in [2.24, 2.45) is 0 Å². The lowest BCUT2D eigenvalue weighted by Crippen LogP contribution is -1.96. The van der Waals surface area contributed by atoms with Crippen LogP contribution in [-0.4, -0.2) is 10.8 Å². The number of hydrogen-bond acceptors (Lipinski definition) is 4. The molecule has 1 rings (SSSR count). The zero-order valence-electron chi connectivity index (χ0n) is 5.30. The lowest BCUT2D eigenvalue weighted by Gasteiger charge is -1.87. The van der Waals surface area contributed by atoms with Crippen LogP contribution in [0.2, 0.25) is 0 Å². The lowest BCUT2D eigenvalue weighted by atomic mass is 10.3. The Morgan fingerprint density at radius 1 is 1.80 bits per heavy atom. The lowest BCUT2D eigenvalue weighted by molar-refractivity contribution is 0.101. The molecule has 0 spiro atoms. The predicted octanol–water partition coefficient (Wildman–Crippen LogP) is 1.59. The Bertz CT molecular complexity index is 312. The second-order valence-corrected chi connectivity index (χ2v) is 3.53. The van der Waals surface area contributed by atoms with Gasteiger partial charge < -0.3 is 10.7 Å². The van der Waals surface area contributed by atoms with Crippen LogP contribution >= 0.6 is 23.6 Å². The number of rotatable bonds is 1. The van der Waals surface area contributed by atoms with E-state index in [0.717, 1.165) is 0 Å². The summed E-state index contributed by atoms with van der Waals surface area (Å²) >= 11 is 5.98. The number of nitrogens with two attached hydrogens (primary N) is 1. The fourth-order valence-corrected chi connectivity index (χ4v) is 1.62. The van der Waals surface area contributed by atoms with Crippen molar-refractivity contribution in [3.05, 3.63) is 9.65 Å². The Balaban J connectivity index is 3.28. The average Bonchev–Trinajstić information content (AvgIpc) is 2.10. The minimum Gasteiger partial charge on any atom is -0.389 e. The van der Waals surface area contributed by atoms with Crippen molar-refractivity contribution in [1.82, 2.24) is 4.98 Å². The molecule has 10 heavy (non-hydrogen) atoms. The molecule has 0 radical (unpaired) electrons. The van der Waals surface area contributed by atoms with Gasteiger partial charge in [-0.05, 0) is 12.2 Å². The summed E-state index contributed by atoms with van der Waals surface area (Å²) in [5, 5.41) is 0.470. The van der Waals surface area contributed by atoms with E-state index in [-0.39, 0.29) is 5.78 Å². The molecule has 0 bridgehead atoms. The largest absolute Gasteiger partial charge is 0.389 e. The summed E-state index contributed by atoms with van der Waals surface area (Å²) in [4.78, 5) is 13.4. The van der Waals surface area contributed by atoms with E-state index in [9.17, 15) is 4.79 Å². The maximum absolute atomic E-state index is 10.7. The highest BCUT2D eigenvalue weighted by atomic mass is 32.1. The molecule has 0 saturated heterocycles. The quantitative estimate of drug-likeness (QED) is 0.502. The molecule has 1 aromatic rings. The molecular weight excluding hydrogens is 168 g/mol. The number of anilines is 1. The van der Waals surface area contributed by atoms with E-state index in [1.807, 2.05) is 0 Å². The fraction of sp³-hybridized carbons (Fsp3) is 0.200. The van der Waals surface area contributed by atoms with E-state index >= 15 is 0 Å². The van der Waals surface area contributed by atoms with Gasteiger partial charge in [0.2, 0.25) is 0 Å². The number of H-pyrrole nitrogens is 1. The minimum atomic E-state index is -0.0788. The van der Waals surface area contributed by atoms with Gasteiger partial charge in [0.25, 0.3) is 0 Å². The van der Waals surface area contributed by atoms with Crippen molar-refractivity contribution in [2.75, 3.05) is 5.73 Å². The molecule has 0 amide bonds. The first-order valence-corrected chi connectivity index (χ1v) is 3.83. The number of hydrogen-bond donors (Lipinski definition) is 2. The normalized spacial score (nSPS) is 9.70. The molecular formula is C5H6N2OS2. The fourth-order valence-electron chi connectivity index (χ4n) is 0.602. The topological polar surface area (TPSA) is 58.9 Å². The van der Waals surface area contributed by atoms with Crippen LogP contribution in [0.5, 0.6) is 0 Å². The van der Waals surface area contributed by atoms with Crippen molar-refractivity contribution < 1.29 is 4.79 Å². The van der Waals surface area contributed by atoms with Gasteiger partial charge in [-0.3, -0.25) is 4.79 Å². The Hall–Kier alpha value is -0.680. The average molecular weight is 174 g/mol. The summed E-state index contributed by atoms with van der Waals surface area (Å²) in [7, 11) is 0. The van der Waals surface area contributed by atoms with Crippen molar-refractivity contribution in [3.8, 4) is 0 Å². The van der Waals surface area contributed by atoms with Crippen LogP contribution in [-0.2, 0) is 0 Å². The van der Waals surface area contributed by atoms with Crippen LogP contribution in [0.1, 0.15) is 17.4 Å². The summed E-state index contributed by atoms with van der Waals surface area (Å²) in [5.74, 6) is -0.0788. The molecule has 3 nitrogen and oxygen atoms in total. The standard InChI is InChI=1S/C5H6N2OS2/c1-2(8)3-4(6)10-5(9)7-3/h6H2,1H3,(H,7,9). The third-order valence-corrected chi connectivity index (χ3v) is 2.09. The number of thiazole rings is 1. The number of carbonyl (C=O) groups is 1. The van der Waals surface area contributed by atoms with Gasteiger partial charge in [0.1, 0.15) is 10.7 Å². The van der Waals surface area contributed by atoms with E-state index in [4.69, 9.17) is 18.0 Å². The van der Waals surface area contributed by atoms with E-state index in [1.54, 1.807) is 0 Å². The van der Waals surface area contributed by atoms with Gasteiger partial charge in [-0.1, -0.05) is 11.3 Å². The summed E-state index contributed by atoms with van der Waals surface area (Å²) in [6.07, 6.45) is 0. The highest BCUT2D eigenvalue weighted by Crippen LogP contribution is 2.17. The smallest absolute Gasteiger partial charge is 0.178 e. The molecule has 54 valence electrons. The van der Waals surface area contributed by atoms with E-state index in [1.165, 1.54) is 18.3 Å². The third kappa shape index (κ3) is 1.25. The van der Waals surface area contributed by atoms with E-state index in [0.29, 0.717) is 14.6 Å². The molecule has 1 aromatic heterocycles. The number of carbonyl (C=O) groups excluding carboxylic acids is 1. The number of ketones is 1.